The summed E-state index contributed by atoms with van der Waals surface area (Å²) in [5.41, 5.74) is 6.32. The van der Waals surface area contributed by atoms with Gasteiger partial charge in [-0.3, -0.25) is 0 Å². The number of ether oxygens (including phenoxy) is 1. The summed E-state index contributed by atoms with van der Waals surface area (Å²) >= 11 is 0. The first-order valence-corrected chi connectivity index (χ1v) is 8.06. The molecule has 0 aromatic heterocycles. The van der Waals surface area contributed by atoms with E-state index >= 15 is 0 Å². The molecule has 2 N–H and O–H groups in total. The van der Waals surface area contributed by atoms with E-state index in [1.165, 1.54) is 18.2 Å². The minimum atomic E-state index is -2.97. The van der Waals surface area contributed by atoms with Crippen LogP contribution < -0.4 is 10.5 Å². The Balaban J connectivity index is 2.59. The molecule has 1 aromatic carbocycles. The van der Waals surface area contributed by atoms with E-state index in [-0.39, 0.29) is 30.0 Å². The summed E-state index contributed by atoms with van der Waals surface area (Å²) < 4.78 is 41.2. The van der Waals surface area contributed by atoms with E-state index in [1.54, 1.807) is 13.8 Å². The Morgan fingerprint density at radius 3 is 2.68 bits per heavy atom. The van der Waals surface area contributed by atoms with Gasteiger partial charge in [0.2, 0.25) is 0 Å². The van der Waals surface area contributed by atoms with Crippen LogP contribution >= 0.6 is 0 Å². The fourth-order valence-electron chi connectivity index (χ4n) is 1.61. The van der Waals surface area contributed by atoms with Crippen LogP contribution in [-0.2, 0) is 9.84 Å². The zero-order valence-electron chi connectivity index (χ0n) is 11.2. The topological polar surface area (TPSA) is 69.4 Å². The molecule has 0 bridgehead atoms. The average molecular weight is 289 g/mol. The van der Waals surface area contributed by atoms with Gasteiger partial charge in [-0.1, -0.05) is 6.92 Å². The molecule has 0 heterocycles. The van der Waals surface area contributed by atoms with E-state index in [0.29, 0.717) is 17.7 Å². The van der Waals surface area contributed by atoms with Gasteiger partial charge in [-0.25, -0.2) is 12.8 Å². The Morgan fingerprint density at radius 2 is 2.11 bits per heavy atom. The molecule has 0 radical (unpaired) electrons. The Morgan fingerprint density at radius 1 is 1.42 bits per heavy atom. The van der Waals surface area contributed by atoms with Gasteiger partial charge in [0.05, 0.1) is 12.4 Å². The normalized spacial score (nSPS) is 13.3. The smallest absolute Gasteiger partial charge is 0.150 e. The molecule has 4 nitrogen and oxygen atoms in total. The number of hydrogen-bond acceptors (Lipinski definition) is 4. The highest BCUT2D eigenvalue weighted by Gasteiger charge is 2.11. The molecule has 0 saturated carbocycles. The predicted molar refractivity (Wildman–Crippen MR) is 73.4 cm³/mol. The third-order valence-electron chi connectivity index (χ3n) is 2.76. The number of halogens is 1. The van der Waals surface area contributed by atoms with Crippen molar-refractivity contribution in [3.8, 4) is 5.75 Å². The third kappa shape index (κ3) is 5.16. The van der Waals surface area contributed by atoms with Crippen LogP contribution in [0.4, 0.5) is 4.39 Å². The SMILES string of the molecule is CCS(=O)(=O)CCCOc1ccc(F)cc1C(C)N. The monoisotopic (exact) mass is 289 g/mol. The molecule has 0 saturated heterocycles. The van der Waals surface area contributed by atoms with Crippen molar-refractivity contribution in [3.05, 3.63) is 29.6 Å². The molecular formula is C13H20FNO3S. The summed E-state index contributed by atoms with van der Waals surface area (Å²) in [6, 6.07) is 3.81. The molecule has 0 aliphatic heterocycles. The molecule has 0 fully saturated rings. The zero-order chi connectivity index (χ0) is 14.5. The van der Waals surface area contributed by atoms with Crippen LogP contribution in [0, 0.1) is 5.82 Å². The zero-order valence-corrected chi connectivity index (χ0v) is 12.0. The van der Waals surface area contributed by atoms with E-state index in [4.69, 9.17) is 10.5 Å². The Kier molecular flexibility index (Phi) is 5.75. The van der Waals surface area contributed by atoms with E-state index in [2.05, 4.69) is 0 Å². The molecule has 108 valence electrons. The molecule has 1 rings (SSSR count). The van der Waals surface area contributed by atoms with Crippen molar-refractivity contribution in [2.75, 3.05) is 18.1 Å². The maximum Gasteiger partial charge on any atom is 0.150 e. The Bertz CT molecular complexity index is 515. The summed E-state index contributed by atoms with van der Waals surface area (Å²) in [7, 11) is -2.97. The van der Waals surface area contributed by atoms with Crippen molar-refractivity contribution in [1.82, 2.24) is 0 Å². The molecule has 0 amide bonds. The van der Waals surface area contributed by atoms with Gasteiger partial charge in [0.1, 0.15) is 21.4 Å². The van der Waals surface area contributed by atoms with Gasteiger partial charge in [-0.2, -0.15) is 0 Å². The quantitative estimate of drug-likeness (QED) is 0.780. The summed E-state index contributed by atoms with van der Waals surface area (Å²) in [4.78, 5) is 0. The maximum atomic E-state index is 13.1. The summed E-state index contributed by atoms with van der Waals surface area (Å²) in [6.07, 6.45) is 0.409. The minimum Gasteiger partial charge on any atom is -0.493 e. The lowest BCUT2D eigenvalue weighted by Crippen LogP contribution is -2.13. The van der Waals surface area contributed by atoms with Crippen LogP contribution in [0.1, 0.15) is 31.9 Å². The highest BCUT2D eigenvalue weighted by molar-refractivity contribution is 7.91. The lowest BCUT2D eigenvalue weighted by molar-refractivity contribution is 0.312. The third-order valence-corrected chi connectivity index (χ3v) is 4.55. The maximum absolute atomic E-state index is 13.1. The second-order valence-electron chi connectivity index (χ2n) is 4.41. The molecule has 1 unspecified atom stereocenters. The number of sulfone groups is 1. The highest BCUT2D eigenvalue weighted by Crippen LogP contribution is 2.24. The van der Waals surface area contributed by atoms with E-state index in [9.17, 15) is 12.8 Å². The van der Waals surface area contributed by atoms with Gasteiger partial charge in [-0.05, 0) is 31.5 Å². The predicted octanol–water partition coefficient (Wildman–Crippen LogP) is 2.05. The second kappa shape index (κ2) is 6.86. The number of nitrogens with two attached hydrogens (primary N) is 1. The number of rotatable bonds is 7. The Hall–Kier alpha value is -1.14. The molecule has 0 aliphatic rings. The minimum absolute atomic E-state index is 0.0954. The summed E-state index contributed by atoms with van der Waals surface area (Å²) in [6.45, 7) is 3.62. The highest BCUT2D eigenvalue weighted by atomic mass is 32.2. The van der Waals surface area contributed by atoms with Gasteiger partial charge in [0.15, 0.2) is 0 Å². The second-order valence-corrected chi connectivity index (χ2v) is 6.88. The first-order valence-electron chi connectivity index (χ1n) is 6.24. The van der Waals surface area contributed by atoms with Crippen LogP contribution in [0.5, 0.6) is 5.75 Å². The van der Waals surface area contributed by atoms with E-state index in [1.807, 2.05) is 0 Å². The molecule has 1 atom stereocenters. The van der Waals surface area contributed by atoms with Crippen LogP contribution in [0.25, 0.3) is 0 Å². The standard InChI is InChI=1S/C13H20FNO3S/c1-3-19(16,17)8-4-7-18-13-6-5-11(14)9-12(13)10(2)15/h5-6,9-10H,3-4,7-8,15H2,1-2H3. The molecule has 0 spiro atoms. The van der Waals surface area contributed by atoms with Crippen molar-refractivity contribution >= 4 is 9.84 Å². The Labute approximate surface area is 113 Å². The van der Waals surface area contributed by atoms with Gasteiger partial charge >= 0.3 is 0 Å². The van der Waals surface area contributed by atoms with Gasteiger partial charge in [0, 0.05) is 17.4 Å². The van der Waals surface area contributed by atoms with Gasteiger partial charge in [-0.15, -0.1) is 0 Å². The van der Waals surface area contributed by atoms with Crippen LogP contribution in [0.3, 0.4) is 0 Å². The van der Waals surface area contributed by atoms with Crippen LogP contribution in [-0.4, -0.2) is 26.5 Å². The molecule has 1 aromatic rings. The first-order chi connectivity index (χ1) is 8.85. The first kappa shape index (κ1) is 15.9. The largest absolute Gasteiger partial charge is 0.493 e. The molecule has 0 aliphatic carbocycles. The lowest BCUT2D eigenvalue weighted by atomic mass is 10.1. The van der Waals surface area contributed by atoms with Gasteiger partial charge in [0.25, 0.3) is 0 Å². The number of hydrogen-bond donors (Lipinski definition) is 1. The van der Waals surface area contributed by atoms with Crippen molar-refractivity contribution < 1.29 is 17.5 Å². The van der Waals surface area contributed by atoms with E-state index in [0.717, 1.165) is 0 Å². The van der Waals surface area contributed by atoms with Crippen molar-refractivity contribution in [2.45, 2.75) is 26.3 Å². The van der Waals surface area contributed by atoms with Crippen LogP contribution in [0.2, 0.25) is 0 Å². The molecular weight excluding hydrogens is 269 g/mol. The average Bonchev–Trinajstić information content (AvgIpc) is 2.36. The molecule has 19 heavy (non-hydrogen) atoms. The van der Waals surface area contributed by atoms with Crippen molar-refractivity contribution in [2.24, 2.45) is 5.73 Å². The van der Waals surface area contributed by atoms with Crippen LogP contribution in [0.15, 0.2) is 18.2 Å². The number of benzene rings is 1. The van der Waals surface area contributed by atoms with Gasteiger partial charge < -0.3 is 10.5 Å². The fourth-order valence-corrected chi connectivity index (χ4v) is 2.46. The lowest BCUT2D eigenvalue weighted by Gasteiger charge is -2.14. The van der Waals surface area contributed by atoms with Crippen molar-refractivity contribution in [1.29, 1.82) is 0 Å². The summed E-state index contributed by atoms with van der Waals surface area (Å²) in [5, 5.41) is 0. The van der Waals surface area contributed by atoms with E-state index < -0.39 is 9.84 Å². The fraction of sp³-hybridized carbons (Fsp3) is 0.538. The van der Waals surface area contributed by atoms with Crippen molar-refractivity contribution in [3.63, 3.8) is 0 Å². The summed E-state index contributed by atoms with van der Waals surface area (Å²) in [5.74, 6) is 0.367. The molecule has 6 heteroatoms.